The molecule has 0 saturated carbocycles. The van der Waals surface area contributed by atoms with Crippen LogP contribution in [0.5, 0.6) is 5.75 Å². The average Bonchev–Trinajstić information content (AvgIpc) is 3.11. The lowest BCUT2D eigenvalue weighted by molar-refractivity contribution is -0.120. The van der Waals surface area contributed by atoms with Gasteiger partial charge < -0.3 is 4.74 Å². The second kappa shape index (κ2) is 7.76. The molecule has 1 aromatic heterocycles. The molecule has 1 amide bonds. The fourth-order valence-corrected chi connectivity index (χ4v) is 3.21. The van der Waals surface area contributed by atoms with Crippen molar-refractivity contribution >= 4 is 38.3 Å². The van der Waals surface area contributed by atoms with Gasteiger partial charge in [-0.05, 0) is 30.7 Å². The number of anilines is 1. The highest BCUT2D eigenvalue weighted by Gasteiger charge is 2.17. The van der Waals surface area contributed by atoms with E-state index in [9.17, 15) is 4.79 Å². The molecule has 0 atom stereocenters. The number of nitrogens with zero attached hydrogens (tertiary/aromatic N) is 3. The molecule has 0 fully saturated rings. The summed E-state index contributed by atoms with van der Waals surface area (Å²) >= 11 is 4.77. The van der Waals surface area contributed by atoms with E-state index in [1.807, 2.05) is 55.5 Å². The van der Waals surface area contributed by atoms with Gasteiger partial charge in [0.05, 0.1) is 0 Å². The van der Waals surface area contributed by atoms with Crippen molar-refractivity contribution < 1.29 is 9.53 Å². The molecule has 0 radical (unpaired) electrons. The Hall–Kier alpha value is -2.25. The van der Waals surface area contributed by atoms with E-state index >= 15 is 0 Å². The van der Waals surface area contributed by atoms with Gasteiger partial charge in [0.25, 0.3) is 5.91 Å². The topological polar surface area (TPSA) is 55.3 Å². The summed E-state index contributed by atoms with van der Waals surface area (Å²) in [6.45, 7) is 1.90. The first-order valence-electron chi connectivity index (χ1n) is 7.59. The molecule has 128 valence electrons. The van der Waals surface area contributed by atoms with Gasteiger partial charge >= 0.3 is 0 Å². The molecule has 3 aromatic rings. The zero-order chi connectivity index (χ0) is 17.8. The maximum atomic E-state index is 12.4. The highest BCUT2D eigenvalue weighted by Crippen LogP contribution is 2.29. The second-order valence-corrected chi connectivity index (χ2v) is 7.28. The molecular formula is C18H16BrN3O2S. The average molecular weight is 418 g/mol. The number of ether oxygens (including phenoxy) is 1. The number of halogens is 1. The maximum absolute atomic E-state index is 12.4. The molecule has 25 heavy (non-hydrogen) atoms. The lowest BCUT2D eigenvalue weighted by Crippen LogP contribution is -2.31. The van der Waals surface area contributed by atoms with Gasteiger partial charge in [-0.2, -0.15) is 0 Å². The maximum Gasteiger partial charge on any atom is 0.266 e. The Labute approximate surface area is 158 Å². The second-order valence-electron chi connectivity index (χ2n) is 5.40. The number of rotatable bonds is 5. The number of benzene rings is 2. The summed E-state index contributed by atoms with van der Waals surface area (Å²) in [6, 6.07) is 15.4. The quantitative estimate of drug-likeness (QED) is 0.620. The van der Waals surface area contributed by atoms with Crippen LogP contribution in [0.2, 0.25) is 0 Å². The number of hydrogen-bond donors (Lipinski definition) is 0. The number of carbonyl (C=O) groups excluding carboxylic acids is 1. The monoisotopic (exact) mass is 417 g/mol. The zero-order valence-electron chi connectivity index (χ0n) is 13.8. The van der Waals surface area contributed by atoms with Crippen LogP contribution in [0.3, 0.4) is 0 Å². The standard InChI is InChI=1S/C18H16BrN3O2S/c1-12-5-3-4-6-15(12)24-11-16(23)22(2)18-21-20-17(25-18)13-7-9-14(19)10-8-13/h3-10H,11H2,1-2H3. The highest BCUT2D eigenvalue weighted by molar-refractivity contribution is 9.10. The Bertz CT molecular complexity index is 880. The van der Waals surface area contributed by atoms with Crippen molar-refractivity contribution in [2.45, 2.75) is 6.92 Å². The van der Waals surface area contributed by atoms with Gasteiger partial charge in [-0.25, -0.2) is 0 Å². The molecule has 2 aromatic carbocycles. The number of para-hydroxylation sites is 1. The number of aromatic nitrogens is 2. The molecule has 0 aliphatic heterocycles. The zero-order valence-corrected chi connectivity index (χ0v) is 16.2. The van der Waals surface area contributed by atoms with E-state index in [-0.39, 0.29) is 12.5 Å². The Morgan fingerprint density at radius 3 is 2.60 bits per heavy atom. The van der Waals surface area contributed by atoms with Gasteiger partial charge in [0.15, 0.2) is 6.61 Å². The van der Waals surface area contributed by atoms with Crippen molar-refractivity contribution in [1.82, 2.24) is 10.2 Å². The van der Waals surface area contributed by atoms with Gasteiger partial charge in [0, 0.05) is 17.1 Å². The minimum absolute atomic E-state index is 0.0471. The van der Waals surface area contributed by atoms with Gasteiger partial charge in [-0.1, -0.05) is 57.6 Å². The molecule has 0 saturated heterocycles. The summed E-state index contributed by atoms with van der Waals surface area (Å²) in [5, 5.41) is 9.59. The molecular weight excluding hydrogens is 402 g/mol. The number of likely N-dealkylation sites (N-methyl/N-ethyl adjacent to an activating group) is 1. The van der Waals surface area contributed by atoms with Crippen molar-refractivity contribution in [2.24, 2.45) is 0 Å². The largest absolute Gasteiger partial charge is 0.483 e. The molecule has 3 rings (SSSR count). The van der Waals surface area contributed by atoms with Crippen LogP contribution >= 0.6 is 27.3 Å². The predicted octanol–water partition coefficient (Wildman–Crippen LogP) is 4.32. The third kappa shape index (κ3) is 4.24. The van der Waals surface area contributed by atoms with Crippen LogP contribution in [0, 0.1) is 6.92 Å². The number of carbonyl (C=O) groups is 1. The fraction of sp³-hybridized carbons (Fsp3) is 0.167. The molecule has 5 nitrogen and oxygen atoms in total. The van der Waals surface area contributed by atoms with E-state index in [1.54, 1.807) is 7.05 Å². The van der Waals surface area contributed by atoms with E-state index in [1.165, 1.54) is 16.2 Å². The number of hydrogen-bond acceptors (Lipinski definition) is 5. The summed E-state index contributed by atoms with van der Waals surface area (Å²) in [5.41, 5.74) is 1.95. The van der Waals surface area contributed by atoms with Crippen LogP contribution in [-0.4, -0.2) is 29.8 Å². The van der Waals surface area contributed by atoms with Crippen LogP contribution in [-0.2, 0) is 4.79 Å². The van der Waals surface area contributed by atoms with Crippen LogP contribution in [0.4, 0.5) is 5.13 Å². The highest BCUT2D eigenvalue weighted by atomic mass is 79.9. The number of amides is 1. The fourth-order valence-electron chi connectivity index (χ4n) is 2.12. The van der Waals surface area contributed by atoms with Gasteiger partial charge in [0.2, 0.25) is 5.13 Å². The summed E-state index contributed by atoms with van der Waals surface area (Å²) in [6.07, 6.45) is 0. The first-order chi connectivity index (χ1) is 12.0. The van der Waals surface area contributed by atoms with Crippen molar-refractivity contribution in [1.29, 1.82) is 0 Å². The van der Waals surface area contributed by atoms with E-state index in [0.717, 1.165) is 20.6 Å². The molecule has 0 aliphatic carbocycles. The van der Waals surface area contributed by atoms with Gasteiger partial charge in [0.1, 0.15) is 10.8 Å². The lowest BCUT2D eigenvalue weighted by atomic mass is 10.2. The lowest BCUT2D eigenvalue weighted by Gasteiger charge is -2.14. The minimum atomic E-state index is -0.179. The summed E-state index contributed by atoms with van der Waals surface area (Å²) in [7, 11) is 1.68. The molecule has 0 spiro atoms. The molecule has 0 aliphatic rings. The van der Waals surface area contributed by atoms with Crippen molar-refractivity contribution in [3.63, 3.8) is 0 Å². The first-order valence-corrected chi connectivity index (χ1v) is 9.20. The molecule has 0 bridgehead atoms. The third-order valence-electron chi connectivity index (χ3n) is 3.61. The van der Waals surface area contributed by atoms with E-state index in [4.69, 9.17) is 4.74 Å². The van der Waals surface area contributed by atoms with E-state index in [2.05, 4.69) is 26.1 Å². The predicted molar refractivity (Wildman–Crippen MR) is 103 cm³/mol. The summed E-state index contributed by atoms with van der Waals surface area (Å²) < 4.78 is 6.61. The normalized spacial score (nSPS) is 10.5. The summed E-state index contributed by atoms with van der Waals surface area (Å²) in [5.74, 6) is 0.527. The number of aryl methyl sites for hydroxylation is 1. The Morgan fingerprint density at radius 1 is 1.16 bits per heavy atom. The SMILES string of the molecule is Cc1ccccc1OCC(=O)N(C)c1nnc(-c2ccc(Br)cc2)s1. The molecule has 1 heterocycles. The van der Waals surface area contributed by atoms with Crippen LogP contribution in [0.25, 0.3) is 10.6 Å². The minimum Gasteiger partial charge on any atom is -0.483 e. The first kappa shape index (κ1) is 17.6. The van der Waals surface area contributed by atoms with Crippen molar-refractivity contribution in [3.05, 3.63) is 58.6 Å². The van der Waals surface area contributed by atoms with Gasteiger partial charge in [-0.15, -0.1) is 10.2 Å². The van der Waals surface area contributed by atoms with Gasteiger partial charge in [-0.3, -0.25) is 9.69 Å². The Balaban J connectivity index is 1.66. The smallest absolute Gasteiger partial charge is 0.266 e. The van der Waals surface area contributed by atoms with E-state index < -0.39 is 0 Å². The third-order valence-corrected chi connectivity index (χ3v) is 5.19. The molecule has 7 heteroatoms. The Morgan fingerprint density at radius 2 is 1.88 bits per heavy atom. The van der Waals surface area contributed by atoms with E-state index in [0.29, 0.717) is 10.9 Å². The molecule has 0 unspecified atom stereocenters. The van der Waals surface area contributed by atoms with Crippen LogP contribution in [0.1, 0.15) is 5.56 Å². The Kier molecular flexibility index (Phi) is 5.45. The van der Waals surface area contributed by atoms with Crippen molar-refractivity contribution in [3.8, 4) is 16.3 Å². The van der Waals surface area contributed by atoms with Crippen LogP contribution in [0.15, 0.2) is 53.0 Å². The summed E-state index contributed by atoms with van der Waals surface area (Å²) in [4.78, 5) is 13.8. The van der Waals surface area contributed by atoms with Crippen LogP contribution < -0.4 is 9.64 Å². The van der Waals surface area contributed by atoms with Crippen molar-refractivity contribution in [2.75, 3.05) is 18.6 Å². The molecule has 0 N–H and O–H groups in total.